The molecule has 2 amide bonds. The zero-order valence-corrected chi connectivity index (χ0v) is 24.5. The van der Waals surface area contributed by atoms with E-state index in [2.05, 4.69) is 22.0 Å². The third kappa shape index (κ3) is 7.37. The number of carbonyl (C=O) groups excluding carboxylic acids is 3. The quantitative estimate of drug-likeness (QED) is 0.314. The number of nitrogens with one attached hydrogen (secondary N) is 1. The molecule has 1 atom stereocenters. The second kappa shape index (κ2) is 14.0. The van der Waals surface area contributed by atoms with Crippen molar-refractivity contribution in [3.8, 4) is 0 Å². The lowest BCUT2D eigenvalue weighted by atomic mass is 10.1. The average molecular weight is 586 g/mol. The molecule has 0 aromatic heterocycles. The zero-order chi connectivity index (χ0) is 28.6. The summed E-state index contributed by atoms with van der Waals surface area (Å²) >= 11 is 11.8. The van der Waals surface area contributed by atoms with Crippen molar-refractivity contribution in [1.82, 2.24) is 14.7 Å². The van der Waals surface area contributed by atoms with Gasteiger partial charge < -0.3 is 24.8 Å². The van der Waals surface area contributed by atoms with Crippen LogP contribution in [0.25, 0.3) is 0 Å². The fourth-order valence-corrected chi connectivity index (χ4v) is 5.54. The van der Waals surface area contributed by atoms with E-state index in [-0.39, 0.29) is 24.8 Å². The summed E-state index contributed by atoms with van der Waals surface area (Å²) in [7, 11) is 0. The van der Waals surface area contributed by atoms with E-state index in [1.807, 2.05) is 4.90 Å². The molecule has 1 unspecified atom stereocenters. The smallest absolute Gasteiger partial charge is 0.338 e. The number of carbonyl (C=O) groups is 3. The van der Waals surface area contributed by atoms with Gasteiger partial charge in [-0.2, -0.15) is 0 Å². The number of hydrogen-bond acceptors (Lipinski definition) is 7. The lowest BCUT2D eigenvalue weighted by Gasteiger charge is -2.34. The number of likely N-dealkylation sites (N-methyl/N-ethyl adjacent to an activating group) is 1. The predicted octanol–water partition coefficient (Wildman–Crippen LogP) is 3.88. The van der Waals surface area contributed by atoms with E-state index in [9.17, 15) is 14.4 Å². The van der Waals surface area contributed by atoms with Gasteiger partial charge in [-0.05, 0) is 87.2 Å². The van der Waals surface area contributed by atoms with E-state index >= 15 is 0 Å². The molecular formula is C29H36ClN5O4S. The van der Waals surface area contributed by atoms with Gasteiger partial charge in [0.15, 0.2) is 5.11 Å². The summed E-state index contributed by atoms with van der Waals surface area (Å²) in [5, 5.41) is 3.79. The van der Waals surface area contributed by atoms with Crippen LogP contribution in [0, 0.1) is 0 Å². The number of benzene rings is 2. The number of halogens is 1. The fraction of sp³-hybridized carbons (Fsp3) is 0.448. The van der Waals surface area contributed by atoms with E-state index in [1.54, 1.807) is 55.5 Å². The number of esters is 1. The molecule has 0 radical (unpaired) electrons. The molecule has 9 nitrogen and oxygen atoms in total. The largest absolute Gasteiger partial charge is 0.462 e. The van der Waals surface area contributed by atoms with Crippen molar-refractivity contribution < 1.29 is 19.1 Å². The van der Waals surface area contributed by atoms with Crippen molar-refractivity contribution in [2.24, 2.45) is 0 Å². The Labute approximate surface area is 246 Å². The van der Waals surface area contributed by atoms with E-state index in [1.165, 1.54) is 4.90 Å². The summed E-state index contributed by atoms with van der Waals surface area (Å²) in [6.07, 6.45) is 0.763. The maximum Gasteiger partial charge on any atom is 0.338 e. The monoisotopic (exact) mass is 585 g/mol. The minimum atomic E-state index is -0.723. The molecule has 0 spiro atoms. The number of anilines is 2. The van der Waals surface area contributed by atoms with Crippen LogP contribution in [0.3, 0.4) is 0 Å². The van der Waals surface area contributed by atoms with Crippen LogP contribution in [0.2, 0.25) is 5.02 Å². The van der Waals surface area contributed by atoms with Crippen LogP contribution in [-0.2, 0) is 14.3 Å². The summed E-state index contributed by atoms with van der Waals surface area (Å²) in [5.74, 6) is -0.976. The van der Waals surface area contributed by atoms with Crippen LogP contribution < -0.4 is 10.2 Å². The van der Waals surface area contributed by atoms with E-state index in [0.29, 0.717) is 33.6 Å². The Morgan fingerprint density at radius 1 is 0.975 bits per heavy atom. The molecule has 2 aliphatic heterocycles. The number of rotatable bonds is 11. The number of amides is 2. The highest BCUT2D eigenvalue weighted by molar-refractivity contribution is 7.80. The molecule has 2 aliphatic rings. The lowest BCUT2D eigenvalue weighted by Crippen LogP contribution is -2.47. The second-order valence-electron chi connectivity index (χ2n) is 9.82. The normalized spacial score (nSPS) is 18.3. The van der Waals surface area contributed by atoms with Crippen LogP contribution in [0.1, 0.15) is 37.0 Å². The summed E-state index contributed by atoms with van der Waals surface area (Å²) in [6, 6.07) is 12.7. The Morgan fingerprint density at radius 2 is 1.62 bits per heavy atom. The van der Waals surface area contributed by atoms with Crippen LogP contribution in [0.4, 0.5) is 11.4 Å². The van der Waals surface area contributed by atoms with Gasteiger partial charge in [0, 0.05) is 43.4 Å². The molecule has 2 aromatic rings. The van der Waals surface area contributed by atoms with Gasteiger partial charge in [-0.15, -0.1) is 0 Å². The molecular weight excluding hydrogens is 550 g/mol. The third-order valence-electron chi connectivity index (χ3n) is 7.25. The fourth-order valence-electron chi connectivity index (χ4n) is 5.00. The van der Waals surface area contributed by atoms with Crippen molar-refractivity contribution in [1.29, 1.82) is 0 Å². The first-order valence-corrected chi connectivity index (χ1v) is 14.5. The van der Waals surface area contributed by atoms with E-state index < -0.39 is 12.0 Å². The molecule has 11 heteroatoms. The van der Waals surface area contributed by atoms with Crippen molar-refractivity contribution in [3.05, 3.63) is 59.1 Å². The van der Waals surface area contributed by atoms with Gasteiger partial charge in [-0.25, -0.2) is 4.79 Å². The first kappa shape index (κ1) is 29.9. The number of hydrogen-bond donors (Lipinski definition) is 1. The molecule has 0 bridgehead atoms. The Morgan fingerprint density at radius 3 is 2.25 bits per heavy atom. The molecule has 0 saturated carbocycles. The Bertz CT molecular complexity index is 1200. The molecule has 2 fully saturated rings. The topological polar surface area (TPSA) is 85.4 Å². The second-order valence-corrected chi connectivity index (χ2v) is 10.6. The SMILES string of the molecule is CCOC(=O)c1ccc(NC(=O)CC2C(=O)N(c3ccc(Cl)cc3)C(=S)N2CCCN2CCN(CC)CC2)cc1. The van der Waals surface area contributed by atoms with Crippen LogP contribution in [-0.4, -0.2) is 96.1 Å². The Balaban J connectivity index is 1.43. The predicted molar refractivity (Wildman–Crippen MR) is 161 cm³/mol. The van der Waals surface area contributed by atoms with Crippen LogP contribution >= 0.6 is 23.8 Å². The first-order chi connectivity index (χ1) is 19.3. The number of nitrogens with zero attached hydrogens (tertiary/aromatic N) is 4. The van der Waals surface area contributed by atoms with Crippen molar-refractivity contribution >= 4 is 58.1 Å². The third-order valence-corrected chi connectivity index (χ3v) is 7.92. The van der Waals surface area contributed by atoms with Gasteiger partial charge in [0.1, 0.15) is 6.04 Å². The highest BCUT2D eigenvalue weighted by Crippen LogP contribution is 2.29. The lowest BCUT2D eigenvalue weighted by molar-refractivity contribution is -0.124. The molecule has 2 saturated heterocycles. The van der Waals surface area contributed by atoms with Crippen molar-refractivity contribution in [3.63, 3.8) is 0 Å². The summed E-state index contributed by atoms with van der Waals surface area (Å²) in [5.41, 5.74) is 1.55. The van der Waals surface area contributed by atoms with Gasteiger partial charge in [0.05, 0.1) is 24.3 Å². The molecule has 2 aromatic carbocycles. The first-order valence-electron chi connectivity index (χ1n) is 13.7. The van der Waals surface area contributed by atoms with Gasteiger partial charge in [0.2, 0.25) is 5.91 Å². The Kier molecular flexibility index (Phi) is 10.5. The highest BCUT2D eigenvalue weighted by Gasteiger charge is 2.43. The molecule has 40 heavy (non-hydrogen) atoms. The molecule has 214 valence electrons. The van der Waals surface area contributed by atoms with Crippen LogP contribution in [0.15, 0.2) is 48.5 Å². The maximum absolute atomic E-state index is 13.6. The maximum atomic E-state index is 13.6. The van der Waals surface area contributed by atoms with Gasteiger partial charge >= 0.3 is 5.97 Å². The number of piperazine rings is 1. The van der Waals surface area contributed by atoms with Crippen molar-refractivity contribution in [2.75, 3.05) is 62.6 Å². The van der Waals surface area contributed by atoms with Gasteiger partial charge in [-0.1, -0.05) is 18.5 Å². The molecule has 1 N–H and O–H groups in total. The summed E-state index contributed by atoms with van der Waals surface area (Å²) in [4.78, 5) is 46.9. The van der Waals surface area contributed by atoms with Gasteiger partial charge in [0.25, 0.3) is 5.91 Å². The van der Waals surface area contributed by atoms with E-state index in [0.717, 1.165) is 45.7 Å². The van der Waals surface area contributed by atoms with Crippen molar-refractivity contribution in [2.45, 2.75) is 32.7 Å². The average Bonchev–Trinajstić information content (AvgIpc) is 3.18. The van der Waals surface area contributed by atoms with E-state index in [4.69, 9.17) is 28.6 Å². The summed E-state index contributed by atoms with van der Waals surface area (Å²) < 4.78 is 5.01. The highest BCUT2D eigenvalue weighted by atomic mass is 35.5. The number of ether oxygens (including phenoxy) is 1. The molecule has 2 heterocycles. The Hall–Kier alpha value is -3.05. The van der Waals surface area contributed by atoms with Gasteiger partial charge in [-0.3, -0.25) is 14.5 Å². The molecule has 4 rings (SSSR count). The number of thiocarbonyl (C=S) groups is 1. The molecule has 0 aliphatic carbocycles. The summed E-state index contributed by atoms with van der Waals surface area (Å²) in [6.45, 7) is 10.9. The minimum absolute atomic E-state index is 0.0577. The van der Waals surface area contributed by atoms with Crippen LogP contribution in [0.5, 0.6) is 0 Å². The zero-order valence-electron chi connectivity index (χ0n) is 23.0. The standard InChI is InChI=1S/C29H36ClN5O4S/c1-3-32-16-18-33(19-17-32)14-5-15-34-25(27(37)35(29(34)40)24-12-8-22(30)9-13-24)20-26(36)31-23-10-6-21(7-11-23)28(38)39-4-2/h6-13,25H,3-5,14-20H2,1-2H3,(H,31,36). The minimum Gasteiger partial charge on any atom is -0.462 e.